The molecule has 0 radical (unpaired) electrons. The first-order chi connectivity index (χ1) is 10.1. The van der Waals surface area contributed by atoms with Crippen molar-refractivity contribution >= 4 is 11.8 Å². The van der Waals surface area contributed by atoms with Gasteiger partial charge in [0.1, 0.15) is 0 Å². The molecule has 0 amide bonds. The van der Waals surface area contributed by atoms with Gasteiger partial charge in [0.2, 0.25) is 0 Å². The van der Waals surface area contributed by atoms with Crippen LogP contribution in [0.25, 0.3) is 0 Å². The molecule has 0 spiro atoms. The van der Waals surface area contributed by atoms with Crippen LogP contribution in [0.4, 0.5) is 8.78 Å². The van der Waals surface area contributed by atoms with Crippen LogP contribution >= 0.6 is 11.8 Å². The fourth-order valence-corrected chi connectivity index (χ4v) is 3.03. The van der Waals surface area contributed by atoms with E-state index >= 15 is 0 Å². The molecule has 0 aliphatic rings. The molecular weight excluding hydrogens is 288 g/mol. The summed E-state index contributed by atoms with van der Waals surface area (Å²) in [6.45, 7) is 2.06. The number of nitrogens with one attached hydrogen (secondary N) is 1. The smallest absolute Gasteiger partial charge is 0.159 e. The first-order valence-corrected chi connectivity index (χ1v) is 7.87. The molecule has 1 nitrogen and oxygen atoms in total. The molecule has 0 saturated carbocycles. The number of hydrogen-bond acceptors (Lipinski definition) is 2. The first kappa shape index (κ1) is 16.0. The fraction of sp³-hybridized carbons (Fsp3) is 0.294. The predicted octanol–water partition coefficient (Wildman–Crippen LogP) is 4.20. The van der Waals surface area contributed by atoms with E-state index in [1.54, 1.807) is 17.8 Å². The maximum Gasteiger partial charge on any atom is 0.159 e. The van der Waals surface area contributed by atoms with Gasteiger partial charge in [-0.1, -0.05) is 23.8 Å². The summed E-state index contributed by atoms with van der Waals surface area (Å²) in [6.07, 6.45) is 0.673. The second-order valence-electron chi connectivity index (χ2n) is 5.06. The summed E-state index contributed by atoms with van der Waals surface area (Å²) >= 11 is 1.76. The number of aryl methyl sites for hydroxylation is 1. The fourth-order valence-electron chi connectivity index (χ4n) is 2.03. The van der Waals surface area contributed by atoms with E-state index in [0.29, 0.717) is 6.42 Å². The summed E-state index contributed by atoms with van der Waals surface area (Å²) in [4.78, 5) is 1.21. The van der Waals surface area contributed by atoms with Gasteiger partial charge in [-0.3, -0.25) is 0 Å². The van der Waals surface area contributed by atoms with E-state index < -0.39 is 11.6 Å². The zero-order valence-corrected chi connectivity index (χ0v) is 13.0. The minimum absolute atomic E-state index is 0.209. The van der Waals surface area contributed by atoms with Crippen LogP contribution in [-0.2, 0) is 6.42 Å². The Kier molecular flexibility index (Phi) is 5.76. The second-order valence-corrected chi connectivity index (χ2v) is 6.16. The Morgan fingerprint density at radius 1 is 1.05 bits per heavy atom. The second kappa shape index (κ2) is 7.57. The van der Waals surface area contributed by atoms with Crippen LogP contribution in [0.5, 0.6) is 0 Å². The molecule has 1 atom stereocenters. The lowest BCUT2D eigenvalue weighted by Crippen LogP contribution is -2.30. The van der Waals surface area contributed by atoms with Gasteiger partial charge >= 0.3 is 0 Å². The third-order valence-corrected chi connectivity index (χ3v) is 4.52. The number of likely N-dealkylation sites (N-methyl/N-ethyl adjacent to an activating group) is 1. The molecule has 0 heterocycles. The first-order valence-electron chi connectivity index (χ1n) is 6.89. The Morgan fingerprint density at radius 3 is 2.38 bits per heavy atom. The zero-order valence-electron chi connectivity index (χ0n) is 12.2. The molecular formula is C17H19F2NS. The van der Waals surface area contributed by atoms with Crippen LogP contribution < -0.4 is 5.32 Å². The number of halogens is 2. The van der Waals surface area contributed by atoms with E-state index in [-0.39, 0.29) is 6.04 Å². The van der Waals surface area contributed by atoms with Crippen molar-refractivity contribution in [3.05, 3.63) is 65.2 Å². The monoisotopic (exact) mass is 307 g/mol. The van der Waals surface area contributed by atoms with Crippen molar-refractivity contribution in [3.8, 4) is 0 Å². The third kappa shape index (κ3) is 4.83. The van der Waals surface area contributed by atoms with Gasteiger partial charge in [0.05, 0.1) is 0 Å². The van der Waals surface area contributed by atoms with Crippen LogP contribution in [0.15, 0.2) is 47.4 Å². The molecule has 0 saturated heterocycles. The zero-order chi connectivity index (χ0) is 15.2. The molecule has 2 aromatic rings. The molecule has 4 heteroatoms. The van der Waals surface area contributed by atoms with Gasteiger partial charge in [-0.25, -0.2) is 8.78 Å². The standard InChI is InChI=1S/C17H19F2NS/c1-12-3-6-15(7-4-12)21-11-14(20-2)9-13-5-8-16(18)17(19)10-13/h3-8,10,14,20H,9,11H2,1-2H3. The van der Waals surface area contributed by atoms with Crippen molar-refractivity contribution in [2.45, 2.75) is 24.3 Å². The average molecular weight is 307 g/mol. The Labute approximate surface area is 128 Å². The third-order valence-electron chi connectivity index (χ3n) is 3.35. The van der Waals surface area contributed by atoms with E-state index in [1.165, 1.54) is 22.6 Å². The van der Waals surface area contributed by atoms with Crippen LogP contribution in [0.3, 0.4) is 0 Å². The van der Waals surface area contributed by atoms with Crippen molar-refractivity contribution in [2.75, 3.05) is 12.8 Å². The topological polar surface area (TPSA) is 12.0 Å². The average Bonchev–Trinajstić information content (AvgIpc) is 2.49. The van der Waals surface area contributed by atoms with Crippen LogP contribution in [0, 0.1) is 18.6 Å². The normalized spacial score (nSPS) is 12.4. The lowest BCUT2D eigenvalue weighted by Gasteiger charge is -2.16. The van der Waals surface area contributed by atoms with Gasteiger partial charge < -0.3 is 5.32 Å². The number of hydrogen-bond donors (Lipinski definition) is 1. The SMILES string of the molecule is CNC(CSc1ccc(C)cc1)Cc1ccc(F)c(F)c1. The highest BCUT2D eigenvalue weighted by Gasteiger charge is 2.10. The molecule has 0 aromatic heterocycles. The highest BCUT2D eigenvalue weighted by atomic mass is 32.2. The summed E-state index contributed by atoms with van der Waals surface area (Å²) < 4.78 is 26.1. The quantitative estimate of drug-likeness (QED) is 0.803. The molecule has 2 aromatic carbocycles. The largest absolute Gasteiger partial charge is 0.316 e. The van der Waals surface area contributed by atoms with Crippen molar-refractivity contribution in [1.82, 2.24) is 5.32 Å². The van der Waals surface area contributed by atoms with Gasteiger partial charge in [0, 0.05) is 16.7 Å². The van der Waals surface area contributed by atoms with Gasteiger partial charge in [-0.15, -0.1) is 11.8 Å². The Morgan fingerprint density at radius 2 is 1.76 bits per heavy atom. The predicted molar refractivity (Wildman–Crippen MR) is 84.8 cm³/mol. The van der Waals surface area contributed by atoms with E-state index in [2.05, 4.69) is 36.5 Å². The molecule has 1 N–H and O–H groups in total. The summed E-state index contributed by atoms with van der Waals surface area (Å²) in [5.41, 5.74) is 2.05. The van der Waals surface area contributed by atoms with Gasteiger partial charge in [0.25, 0.3) is 0 Å². The van der Waals surface area contributed by atoms with Crippen molar-refractivity contribution in [1.29, 1.82) is 0 Å². The maximum atomic E-state index is 13.2. The molecule has 2 rings (SSSR count). The van der Waals surface area contributed by atoms with Gasteiger partial charge in [-0.05, 0) is 50.2 Å². The molecule has 21 heavy (non-hydrogen) atoms. The van der Waals surface area contributed by atoms with E-state index in [0.717, 1.165) is 11.3 Å². The molecule has 0 bridgehead atoms. The Balaban J connectivity index is 1.93. The molecule has 0 aliphatic carbocycles. The molecule has 0 fully saturated rings. The van der Waals surface area contributed by atoms with Crippen molar-refractivity contribution in [2.24, 2.45) is 0 Å². The maximum absolute atomic E-state index is 13.2. The minimum Gasteiger partial charge on any atom is -0.316 e. The summed E-state index contributed by atoms with van der Waals surface area (Å²) in [7, 11) is 1.89. The lowest BCUT2D eigenvalue weighted by molar-refractivity contribution is 0.505. The summed E-state index contributed by atoms with van der Waals surface area (Å²) in [5.74, 6) is -0.708. The van der Waals surface area contributed by atoms with Crippen molar-refractivity contribution < 1.29 is 8.78 Å². The number of thioether (sulfide) groups is 1. The van der Waals surface area contributed by atoms with Crippen LogP contribution in [0.2, 0.25) is 0 Å². The number of benzene rings is 2. The highest BCUT2D eigenvalue weighted by molar-refractivity contribution is 7.99. The van der Waals surface area contributed by atoms with Crippen LogP contribution in [0.1, 0.15) is 11.1 Å². The van der Waals surface area contributed by atoms with Gasteiger partial charge in [0.15, 0.2) is 11.6 Å². The summed E-state index contributed by atoms with van der Waals surface area (Å²) in [6, 6.07) is 12.7. The minimum atomic E-state index is -0.797. The number of rotatable bonds is 6. The molecule has 112 valence electrons. The van der Waals surface area contributed by atoms with E-state index in [9.17, 15) is 8.78 Å². The molecule has 1 unspecified atom stereocenters. The van der Waals surface area contributed by atoms with E-state index in [4.69, 9.17) is 0 Å². The molecule has 0 aliphatic heterocycles. The van der Waals surface area contributed by atoms with E-state index in [1.807, 2.05) is 7.05 Å². The highest BCUT2D eigenvalue weighted by Crippen LogP contribution is 2.20. The van der Waals surface area contributed by atoms with Gasteiger partial charge in [-0.2, -0.15) is 0 Å². The Hall–Kier alpha value is -1.39. The van der Waals surface area contributed by atoms with Crippen LogP contribution in [-0.4, -0.2) is 18.8 Å². The van der Waals surface area contributed by atoms with Crippen molar-refractivity contribution in [3.63, 3.8) is 0 Å². The Bertz CT molecular complexity index is 584. The lowest BCUT2D eigenvalue weighted by atomic mass is 10.1. The summed E-state index contributed by atoms with van der Waals surface area (Å²) in [5, 5.41) is 3.23.